The molecule has 0 fully saturated rings. The SMILES string of the molecule is O=c1oc2cccnc2n1CCSc1nc2ncc(Cl)cc2[nH]1. The maximum Gasteiger partial charge on any atom is 0.421 e. The van der Waals surface area contributed by atoms with E-state index in [0.29, 0.717) is 34.2 Å². The summed E-state index contributed by atoms with van der Waals surface area (Å²) in [4.78, 5) is 27.7. The maximum atomic E-state index is 11.9. The molecule has 4 aromatic rings. The predicted octanol–water partition coefficient (Wildman–Crippen LogP) is 2.71. The number of aromatic nitrogens is 5. The molecule has 0 saturated carbocycles. The van der Waals surface area contributed by atoms with E-state index in [9.17, 15) is 4.79 Å². The lowest BCUT2D eigenvalue weighted by atomic mass is 10.4. The first kappa shape index (κ1) is 14.3. The number of halogens is 1. The van der Waals surface area contributed by atoms with Gasteiger partial charge < -0.3 is 9.40 Å². The highest BCUT2D eigenvalue weighted by atomic mass is 35.5. The highest BCUT2D eigenvalue weighted by Gasteiger charge is 2.10. The van der Waals surface area contributed by atoms with E-state index in [1.165, 1.54) is 16.3 Å². The molecule has 9 heteroatoms. The minimum atomic E-state index is -0.405. The summed E-state index contributed by atoms with van der Waals surface area (Å²) >= 11 is 7.39. The largest absolute Gasteiger partial charge is 0.421 e. The molecule has 0 bridgehead atoms. The van der Waals surface area contributed by atoms with Gasteiger partial charge >= 0.3 is 5.76 Å². The van der Waals surface area contributed by atoms with Crippen molar-refractivity contribution in [1.82, 2.24) is 24.5 Å². The first-order valence-corrected chi connectivity index (χ1v) is 8.15. The van der Waals surface area contributed by atoms with Gasteiger partial charge in [-0.25, -0.2) is 19.7 Å². The normalized spacial score (nSPS) is 11.5. The Morgan fingerprint density at radius 2 is 2.30 bits per heavy atom. The number of aryl methyl sites for hydroxylation is 1. The first-order chi connectivity index (χ1) is 11.2. The fraction of sp³-hybridized carbons (Fsp3) is 0.143. The Morgan fingerprint density at radius 3 is 3.22 bits per heavy atom. The second-order valence-electron chi connectivity index (χ2n) is 4.76. The van der Waals surface area contributed by atoms with Crippen LogP contribution < -0.4 is 5.76 Å². The van der Waals surface area contributed by atoms with Gasteiger partial charge in [0, 0.05) is 24.7 Å². The zero-order valence-electron chi connectivity index (χ0n) is 11.7. The monoisotopic (exact) mass is 347 g/mol. The molecule has 0 atom stereocenters. The summed E-state index contributed by atoms with van der Waals surface area (Å²) in [5.41, 5.74) is 2.44. The number of rotatable bonds is 4. The number of nitrogens with one attached hydrogen (secondary N) is 1. The number of hydrogen-bond donors (Lipinski definition) is 1. The molecule has 0 aromatic carbocycles. The van der Waals surface area contributed by atoms with Crippen molar-refractivity contribution < 1.29 is 4.42 Å². The van der Waals surface area contributed by atoms with E-state index >= 15 is 0 Å². The van der Waals surface area contributed by atoms with Gasteiger partial charge in [0.15, 0.2) is 22.0 Å². The predicted molar refractivity (Wildman–Crippen MR) is 87.9 cm³/mol. The first-order valence-electron chi connectivity index (χ1n) is 6.79. The molecule has 4 aromatic heterocycles. The quantitative estimate of drug-likeness (QED) is 0.571. The van der Waals surface area contributed by atoms with E-state index in [1.54, 1.807) is 30.6 Å². The molecule has 0 radical (unpaired) electrons. The van der Waals surface area contributed by atoms with Crippen LogP contribution >= 0.6 is 23.4 Å². The summed E-state index contributed by atoms with van der Waals surface area (Å²) in [6.45, 7) is 0.471. The van der Waals surface area contributed by atoms with Crippen LogP contribution in [0.3, 0.4) is 0 Å². The van der Waals surface area contributed by atoms with Crippen molar-refractivity contribution in [3.8, 4) is 0 Å². The van der Waals surface area contributed by atoms with Crippen LogP contribution in [0.2, 0.25) is 5.02 Å². The Labute approximate surface area is 138 Å². The zero-order chi connectivity index (χ0) is 15.8. The van der Waals surface area contributed by atoms with Gasteiger partial charge in [0.2, 0.25) is 0 Å². The van der Waals surface area contributed by atoms with Crippen LogP contribution in [0.4, 0.5) is 0 Å². The average molecular weight is 348 g/mol. The summed E-state index contributed by atoms with van der Waals surface area (Å²) in [5, 5.41) is 1.28. The number of imidazole rings is 1. The van der Waals surface area contributed by atoms with E-state index in [2.05, 4.69) is 19.9 Å². The lowest BCUT2D eigenvalue weighted by molar-refractivity contribution is 0.514. The van der Waals surface area contributed by atoms with Gasteiger partial charge in [-0.15, -0.1) is 0 Å². The molecular formula is C14H10ClN5O2S. The highest BCUT2D eigenvalue weighted by Crippen LogP contribution is 2.21. The van der Waals surface area contributed by atoms with Crippen LogP contribution in [0.15, 0.2) is 45.0 Å². The van der Waals surface area contributed by atoms with Gasteiger partial charge in [-0.3, -0.25) is 4.57 Å². The van der Waals surface area contributed by atoms with Crippen LogP contribution in [-0.4, -0.2) is 30.3 Å². The van der Waals surface area contributed by atoms with Crippen molar-refractivity contribution in [3.05, 3.63) is 46.2 Å². The lowest BCUT2D eigenvalue weighted by Gasteiger charge is -1.99. The molecule has 0 amide bonds. The molecule has 0 spiro atoms. The van der Waals surface area contributed by atoms with Gasteiger partial charge in [0.1, 0.15) is 0 Å². The number of fused-ring (bicyclic) bond motifs is 2. The second kappa shape index (κ2) is 5.71. The van der Waals surface area contributed by atoms with Gasteiger partial charge in [-0.2, -0.15) is 0 Å². The minimum Gasteiger partial charge on any atom is -0.406 e. The average Bonchev–Trinajstić information content (AvgIpc) is 3.07. The van der Waals surface area contributed by atoms with E-state index < -0.39 is 5.76 Å². The van der Waals surface area contributed by atoms with Crippen LogP contribution in [0.5, 0.6) is 0 Å². The lowest BCUT2D eigenvalue weighted by Crippen LogP contribution is -2.15. The fourth-order valence-corrected chi connectivity index (χ4v) is 3.21. The van der Waals surface area contributed by atoms with E-state index in [4.69, 9.17) is 16.0 Å². The Balaban J connectivity index is 1.52. The van der Waals surface area contributed by atoms with Crippen molar-refractivity contribution in [1.29, 1.82) is 0 Å². The molecule has 1 N–H and O–H groups in total. The molecule has 0 aliphatic rings. The number of pyridine rings is 2. The van der Waals surface area contributed by atoms with Crippen molar-refractivity contribution in [2.75, 3.05) is 5.75 Å². The minimum absolute atomic E-state index is 0.405. The molecule has 4 rings (SSSR count). The topological polar surface area (TPSA) is 89.6 Å². The van der Waals surface area contributed by atoms with Crippen LogP contribution in [0.1, 0.15) is 0 Å². The van der Waals surface area contributed by atoms with Gasteiger partial charge in [0.05, 0.1) is 10.5 Å². The Bertz CT molecular complexity index is 1050. The molecule has 7 nitrogen and oxygen atoms in total. The Morgan fingerprint density at radius 1 is 1.39 bits per heavy atom. The maximum absolute atomic E-state index is 11.9. The van der Waals surface area contributed by atoms with Gasteiger partial charge in [0.25, 0.3) is 0 Å². The number of oxazole rings is 1. The number of aromatic amines is 1. The van der Waals surface area contributed by atoms with E-state index in [-0.39, 0.29) is 0 Å². The second-order valence-corrected chi connectivity index (χ2v) is 6.28. The molecule has 0 unspecified atom stereocenters. The third-order valence-corrected chi connectivity index (χ3v) is 4.32. The van der Waals surface area contributed by atoms with Gasteiger partial charge in [-0.05, 0) is 18.2 Å². The molecule has 23 heavy (non-hydrogen) atoms. The summed E-state index contributed by atoms with van der Waals surface area (Å²) < 4.78 is 6.66. The molecule has 4 heterocycles. The molecule has 0 saturated heterocycles. The third-order valence-electron chi connectivity index (χ3n) is 3.26. The molecule has 116 valence electrons. The summed E-state index contributed by atoms with van der Waals surface area (Å²) in [6, 6.07) is 5.23. The van der Waals surface area contributed by atoms with Gasteiger partial charge in [-0.1, -0.05) is 23.4 Å². The van der Waals surface area contributed by atoms with Crippen LogP contribution in [0.25, 0.3) is 22.4 Å². The number of hydrogen-bond acceptors (Lipinski definition) is 6. The summed E-state index contributed by atoms with van der Waals surface area (Å²) in [7, 11) is 0. The summed E-state index contributed by atoms with van der Waals surface area (Å²) in [5.74, 6) is 0.232. The van der Waals surface area contributed by atoms with Crippen molar-refractivity contribution in [2.24, 2.45) is 0 Å². The molecular weight excluding hydrogens is 338 g/mol. The van der Waals surface area contributed by atoms with Crippen molar-refractivity contribution >= 4 is 45.8 Å². The highest BCUT2D eigenvalue weighted by molar-refractivity contribution is 7.99. The Hall–Kier alpha value is -2.32. The molecule has 0 aliphatic heterocycles. The van der Waals surface area contributed by atoms with Crippen LogP contribution in [0, 0.1) is 0 Å². The standard InChI is InChI=1S/C14H10ClN5O2S/c15-8-6-9-11(17-7-8)19-13(18-9)23-5-4-20-12-10(22-14(20)21)2-1-3-16-12/h1-3,6-7H,4-5H2,(H,17,18,19). The third kappa shape index (κ3) is 2.71. The number of thioether (sulfide) groups is 1. The molecule has 0 aliphatic carbocycles. The Kier molecular flexibility index (Phi) is 3.55. The number of H-pyrrole nitrogens is 1. The zero-order valence-corrected chi connectivity index (χ0v) is 13.3. The fourth-order valence-electron chi connectivity index (χ4n) is 2.25. The van der Waals surface area contributed by atoms with E-state index in [1.807, 2.05) is 0 Å². The van der Waals surface area contributed by atoms with Crippen LogP contribution in [-0.2, 0) is 6.54 Å². The van der Waals surface area contributed by atoms with Crippen molar-refractivity contribution in [2.45, 2.75) is 11.7 Å². The smallest absolute Gasteiger partial charge is 0.406 e. The van der Waals surface area contributed by atoms with Crippen molar-refractivity contribution in [3.63, 3.8) is 0 Å². The van der Waals surface area contributed by atoms with E-state index in [0.717, 1.165) is 10.7 Å². The number of nitrogens with zero attached hydrogens (tertiary/aromatic N) is 4. The summed E-state index contributed by atoms with van der Waals surface area (Å²) in [6.07, 6.45) is 3.19.